The van der Waals surface area contributed by atoms with Crippen molar-refractivity contribution in [3.05, 3.63) is 64.4 Å². The highest BCUT2D eigenvalue weighted by Crippen LogP contribution is 2.25. The van der Waals surface area contributed by atoms with E-state index < -0.39 is 15.8 Å². The van der Waals surface area contributed by atoms with Crippen LogP contribution in [-0.4, -0.2) is 43.2 Å². The van der Waals surface area contributed by atoms with Crippen molar-refractivity contribution >= 4 is 27.5 Å². The maximum atomic E-state index is 14.4. The zero-order valence-corrected chi connectivity index (χ0v) is 18.6. The van der Waals surface area contributed by atoms with E-state index >= 15 is 0 Å². The van der Waals surface area contributed by atoms with Crippen LogP contribution in [0.3, 0.4) is 0 Å². The number of likely N-dealkylation sites (tertiary alicyclic amines) is 1. The fourth-order valence-corrected chi connectivity index (χ4v) is 5.10. The van der Waals surface area contributed by atoms with Gasteiger partial charge in [-0.1, -0.05) is 48.2 Å². The molecule has 0 aromatic heterocycles. The molecule has 30 heavy (non-hydrogen) atoms. The lowest BCUT2D eigenvalue weighted by molar-refractivity contribution is -0.131. The fraction of sp³-hybridized carbons (Fsp3) is 0.409. The highest BCUT2D eigenvalue weighted by molar-refractivity contribution is 7.89. The molecule has 0 aliphatic carbocycles. The average molecular weight is 453 g/mol. The Balaban J connectivity index is 1.93. The number of benzene rings is 2. The van der Waals surface area contributed by atoms with Crippen LogP contribution in [0.25, 0.3) is 0 Å². The molecule has 1 aliphatic heterocycles. The lowest BCUT2D eigenvalue weighted by Gasteiger charge is -2.27. The van der Waals surface area contributed by atoms with Gasteiger partial charge in [0.25, 0.3) is 0 Å². The van der Waals surface area contributed by atoms with Gasteiger partial charge in [0.15, 0.2) is 0 Å². The highest BCUT2D eigenvalue weighted by Gasteiger charge is 2.30. The van der Waals surface area contributed by atoms with Gasteiger partial charge in [0.1, 0.15) is 5.82 Å². The van der Waals surface area contributed by atoms with Crippen LogP contribution in [0.5, 0.6) is 0 Å². The molecule has 2 aromatic carbocycles. The summed E-state index contributed by atoms with van der Waals surface area (Å²) >= 11 is 6.14. The van der Waals surface area contributed by atoms with Gasteiger partial charge in [-0.2, -0.15) is 4.31 Å². The van der Waals surface area contributed by atoms with Crippen LogP contribution in [0, 0.1) is 12.7 Å². The zero-order chi connectivity index (χ0) is 21.7. The molecule has 0 saturated carbocycles. The Morgan fingerprint density at radius 3 is 2.30 bits per heavy atom. The van der Waals surface area contributed by atoms with Gasteiger partial charge in [-0.15, -0.1) is 0 Å². The third-order valence-corrected chi connectivity index (χ3v) is 7.49. The van der Waals surface area contributed by atoms with Crippen LogP contribution in [-0.2, 0) is 21.4 Å². The molecule has 0 spiro atoms. The van der Waals surface area contributed by atoms with Crippen LogP contribution in [0.2, 0.25) is 5.02 Å². The average Bonchev–Trinajstić information content (AvgIpc) is 3.00. The number of halogens is 2. The van der Waals surface area contributed by atoms with Crippen LogP contribution in [0.15, 0.2) is 47.4 Å². The molecule has 1 amide bonds. The van der Waals surface area contributed by atoms with Crippen molar-refractivity contribution in [3.63, 3.8) is 0 Å². The van der Waals surface area contributed by atoms with E-state index in [1.165, 1.54) is 30.3 Å². The Morgan fingerprint density at radius 1 is 1.07 bits per heavy atom. The molecule has 162 valence electrons. The lowest BCUT2D eigenvalue weighted by atomic mass is 10.2. The summed E-state index contributed by atoms with van der Waals surface area (Å²) in [6.45, 7) is 2.40. The van der Waals surface area contributed by atoms with Crippen LogP contribution >= 0.6 is 11.6 Å². The molecule has 3 rings (SSSR count). The van der Waals surface area contributed by atoms with E-state index in [2.05, 4.69) is 0 Å². The summed E-state index contributed by atoms with van der Waals surface area (Å²) < 4.78 is 42.1. The fourth-order valence-electron chi connectivity index (χ4n) is 3.52. The summed E-state index contributed by atoms with van der Waals surface area (Å²) in [5.41, 5.74) is 0.969. The number of carbonyl (C=O) groups excluding carboxylic acids is 1. The van der Waals surface area contributed by atoms with E-state index in [-0.39, 0.29) is 34.5 Å². The second-order valence-electron chi connectivity index (χ2n) is 7.58. The maximum absolute atomic E-state index is 14.4. The zero-order valence-electron chi connectivity index (χ0n) is 17.0. The first kappa shape index (κ1) is 22.7. The molecule has 0 atom stereocenters. The minimum atomic E-state index is -4.03. The number of hydrogen-bond acceptors (Lipinski definition) is 3. The molecular weight excluding hydrogens is 427 g/mol. The normalized spacial score (nSPS) is 15.3. The van der Waals surface area contributed by atoms with Crippen LogP contribution in [0.1, 0.15) is 36.8 Å². The molecule has 0 unspecified atom stereocenters. The van der Waals surface area contributed by atoms with E-state index in [0.29, 0.717) is 13.1 Å². The summed E-state index contributed by atoms with van der Waals surface area (Å²) in [7, 11) is -4.03. The Kier molecular flexibility index (Phi) is 7.50. The smallest absolute Gasteiger partial charge is 0.243 e. The number of carbonyl (C=O) groups is 1. The summed E-state index contributed by atoms with van der Waals surface area (Å²) in [6, 6.07) is 10.6. The Morgan fingerprint density at radius 2 is 1.70 bits per heavy atom. The van der Waals surface area contributed by atoms with E-state index in [1.54, 1.807) is 17.0 Å². The lowest BCUT2D eigenvalue weighted by Crippen LogP contribution is -2.43. The number of nitrogens with zero attached hydrogens (tertiary/aromatic N) is 2. The van der Waals surface area contributed by atoms with Gasteiger partial charge in [0, 0.05) is 30.2 Å². The third-order valence-electron chi connectivity index (χ3n) is 5.33. The van der Waals surface area contributed by atoms with Crippen molar-refractivity contribution in [1.29, 1.82) is 0 Å². The molecule has 2 aromatic rings. The summed E-state index contributed by atoms with van der Waals surface area (Å²) in [6.07, 6.45) is 3.91. The van der Waals surface area contributed by atoms with Gasteiger partial charge in [-0.3, -0.25) is 4.79 Å². The van der Waals surface area contributed by atoms with Crippen molar-refractivity contribution < 1.29 is 17.6 Å². The summed E-state index contributed by atoms with van der Waals surface area (Å²) in [5, 5.41) is 0.126. The van der Waals surface area contributed by atoms with Gasteiger partial charge in [0.2, 0.25) is 15.9 Å². The van der Waals surface area contributed by atoms with E-state index in [1.807, 2.05) is 6.92 Å². The van der Waals surface area contributed by atoms with Crippen molar-refractivity contribution in [2.45, 2.75) is 44.0 Å². The Bertz CT molecular complexity index is 968. The SMILES string of the molecule is Cc1ccc(S(=O)(=O)N(CC(=O)N2CCCCCC2)Cc2c(F)cccc2Cl)cc1. The van der Waals surface area contributed by atoms with E-state index in [9.17, 15) is 17.6 Å². The predicted octanol–water partition coefficient (Wildman–Crippen LogP) is 4.38. The molecule has 1 aliphatic rings. The van der Waals surface area contributed by atoms with Gasteiger partial charge in [-0.05, 0) is 44.0 Å². The predicted molar refractivity (Wildman–Crippen MR) is 115 cm³/mol. The van der Waals surface area contributed by atoms with Crippen molar-refractivity contribution in [2.75, 3.05) is 19.6 Å². The number of hydrogen-bond donors (Lipinski definition) is 0. The maximum Gasteiger partial charge on any atom is 0.243 e. The molecule has 5 nitrogen and oxygen atoms in total. The van der Waals surface area contributed by atoms with E-state index in [4.69, 9.17) is 11.6 Å². The van der Waals surface area contributed by atoms with Crippen LogP contribution in [0.4, 0.5) is 4.39 Å². The van der Waals surface area contributed by atoms with Gasteiger partial charge in [-0.25, -0.2) is 12.8 Å². The quantitative estimate of drug-likeness (QED) is 0.653. The molecule has 0 N–H and O–H groups in total. The second kappa shape index (κ2) is 9.90. The minimum absolute atomic E-state index is 0.0542. The first-order valence-electron chi connectivity index (χ1n) is 10.1. The monoisotopic (exact) mass is 452 g/mol. The van der Waals surface area contributed by atoms with E-state index in [0.717, 1.165) is 35.6 Å². The summed E-state index contributed by atoms with van der Waals surface area (Å²) in [4.78, 5) is 14.7. The Hall–Kier alpha value is -1.96. The van der Waals surface area contributed by atoms with Gasteiger partial charge >= 0.3 is 0 Å². The molecular formula is C22H26ClFN2O3S. The number of aryl methyl sites for hydroxylation is 1. The molecule has 1 heterocycles. The highest BCUT2D eigenvalue weighted by atomic mass is 35.5. The number of sulfonamides is 1. The summed E-state index contributed by atoms with van der Waals surface area (Å²) in [5.74, 6) is -0.881. The minimum Gasteiger partial charge on any atom is -0.342 e. The molecule has 1 fully saturated rings. The first-order valence-corrected chi connectivity index (χ1v) is 11.9. The standard InChI is InChI=1S/C22H26ClFN2O3S/c1-17-9-11-18(12-10-17)30(28,29)26(15-19-20(23)7-6-8-21(19)24)16-22(27)25-13-4-2-3-5-14-25/h6-12H,2-5,13-16H2,1H3. The van der Waals surface area contributed by atoms with Gasteiger partial charge < -0.3 is 4.90 Å². The topological polar surface area (TPSA) is 57.7 Å². The Labute approximate surface area is 182 Å². The largest absolute Gasteiger partial charge is 0.342 e. The van der Waals surface area contributed by atoms with Crippen LogP contribution < -0.4 is 0 Å². The number of rotatable bonds is 6. The molecule has 8 heteroatoms. The second-order valence-corrected chi connectivity index (χ2v) is 9.93. The molecule has 0 bridgehead atoms. The van der Waals surface area contributed by atoms with Gasteiger partial charge in [0.05, 0.1) is 11.4 Å². The third kappa shape index (κ3) is 5.39. The molecule has 0 radical (unpaired) electrons. The van der Waals surface area contributed by atoms with Crippen molar-refractivity contribution in [1.82, 2.24) is 9.21 Å². The van der Waals surface area contributed by atoms with Crippen molar-refractivity contribution in [2.24, 2.45) is 0 Å². The first-order chi connectivity index (χ1) is 14.3. The van der Waals surface area contributed by atoms with Crippen molar-refractivity contribution in [3.8, 4) is 0 Å². The number of amides is 1. The molecule has 1 saturated heterocycles.